The standard InChI is InChI=1S/C13H17N3O2/c17-11-5-13(3-1-2-4-13)6-12(18)16(11)9-10-7-14-15-8-10/h7-8H,1-6,9H2,(H,14,15). The highest BCUT2D eigenvalue weighted by Gasteiger charge is 2.44. The molecule has 0 atom stereocenters. The number of amides is 2. The van der Waals surface area contributed by atoms with Gasteiger partial charge in [-0.15, -0.1) is 0 Å². The second-order valence-corrected chi connectivity index (χ2v) is 5.54. The lowest BCUT2D eigenvalue weighted by Crippen LogP contribution is -2.46. The van der Waals surface area contributed by atoms with Crippen LogP contribution in [0.5, 0.6) is 0 Å². The second-order valence-electron chi connectivity index (χ2n) is 5.54. The van der Waals surface area contributed by atoms with Crippen molar-refractivity contribution < 1.29 is 9.59 Å². The van der Waals surface area contributed by atoms with Crippen molar-refractivity contribution in [3.8, 4) is 0 Å². The summed E-state index contributed by atoms with van der Waals surface area (Å²) in [6.45, 7) is 0.351. The Balaban J connectivity index is 1.74. The maximum Gasteiger partial charge on any atom is 0.230 e. The van der Waals surface area contributed by atoms with E-state index in [4.69, 9.17) is 0 Å². The third-order valence-corrected chi connectivity index (χ3v) is 4.21. The van der Waals surface area contributed by atoms with Crippen LogP contribution in [-0.2, 0) is 16.1 Å². The van der Waals surface area contributed by atoms with E-state index in [-0.39, 0.29) is 17.2 Å². The molecule has 0 aromatic carbocycles. The molecule has 3 rings (SSSR count). The lowest BCUT2D eigenvalue weighted by Gasteiger charge is -2.37. The van der Waals surface area contributed by atoms with Crippen molar-refractivity contribution in [2.24, 2.45) is 5.41 Å². The Morgan fingerprint density at radius 1 is 1.22 bits per heavy atom. The van der Waals surface area contributed by atoms with Crippen molar-refractivity contribution in [3.05, 3.63) is 18.0 Å². The number of H-pyrrole nitrogens is 1. The number of piperidine rings is 1. The Morgan fingerprint density at radius 2 is 1.89 bits per heavy atom. The fourth-order valence-corrected chi connectivity index (χ4v) is 3.24. The molecule has 1 aliphatic heterocycles. The lowest BCUT2D eigenvalue weighted by molar-refractivity contribution is -0.154. The van der Waals surface area contributed by atoms with Crippen molar-refractivity contribution in [2.75, 3.05) is 0 Å². The molecule has 1 aliphatic carbocycles. The van der Waals surface area contributed by atoms with E-state index in [1.54, 1.807) is 12.4 Å². The Labute approximate surface area is 106 Å². The van der Waals surface area contributed by atoms with Crippen LogP contribution in [0.15, 0.2) is 12.4 Å². The summed E-state index contributed by atoms with van der Waals surface area (Å²) in [5.41, 5.74) is 0.861. The first-order valence-corrected chi connectivity index (χ1v) is 6.49. The average Bonchev–Trinajstić information content (AvgIpc) is 2.96. The van der Waals surface area contributed by atoms with E-state index in [2.05, 4.69) is 10.2 Å². The zero-order valence-corrected chi connectivity index (χ0v) is 10.3. The summed E-state index contributed by atoms with van der Waals surface area (Å²) in [5.74, 6) is -0.0382. The fraction of sp³-hybridized carbons (Fsp3) is 0.615. The van der Waals surface area contributed by atoms with Crippen LogP contribution in [0.3, 0.4) is 0 Å². The van der Waals surface area contributed by atoms with Gasteiger partial charge in [0, 0.05) is 24.6 Å². The van der Waals surface area contributed by atoms with Crippen molar-refractivity contribution in [3.63, 3.8) is 0 Å². The molecule has 18 heavy (non-hydrogen) atoms. The highest BCUT2D eigenvalue weighted by Crippen LogP contribution is 2.47. The molecule has 0 radical (unpaired) electrons. The number of nitrogens with one attached hydrogen (secondary N) is 1. The molecule has 2 fully saturated rings. The second kappa shape index (κ2) is 4.23. The third-order valence-electron chi connectivity index (χ3n) is 4.21. The number of carbonyl (C=O) groups excluding carboxylic acids is 2. The fourth-order valence-electron chi connectivity index (χ4n) is 3.24. The van der Waals surface area contributed by atoms with Gasteiger partial charge in [0.1, 0.15) is 0 Å². The quantitative estimate of drug-likeness (QED) is 0.807. The molecule has 0 unspecified atom stereocenters. The van der Waals surface area contributed by atoms with Crippen LogP contribution in [0.4, 0.5) is 0 Å². The van der Waals surface area contributed by atoms with Crippen molar-refractivity contribution in [1.29, 1.82) is 0 Å². The molecule has 1 saturated heterocycles. The van der Waals surface area contributed by atoms with Gasteiger partial charge in [-0.25, -0.2) is 0 Å². The molecule has 1 spiro atoms. The SMILES string of the molecule is O=C1CC2(CCCC2)CC(=O)N1Cc1cn[nH]c1. The van der Waals surface area contributed by atoms with Crippen LogP contribution >= 0.6 is 0 Å². The van der Waals surface area contributed by atoms with E-state index in [9.17, 15) is 9.59 Å². The first kappa shape index (κ1) is 11.4. The minimum atomic E-state index is -0.0191. The molecule has 2 heterocycles. The summed E-state index contributed by atoms with van der Waals surface area (Å²) in [6.07, 6.45) is 8.83. The van der Waals surface area contributed by atoms with Gasteiger partial charge < -0.3 is 0 Å². The minimum Gasteiger partial charge on any atom is -0.285 e. The van der Waals surface area contributed by atoms with Crippen LogP contribution in [0.1, 0.15) is 44.1 Å². The maximum atomic E-state index is 12.2. The molecule has 1 aromatic rings. The summed E-state index contributed by atoms with van der Waals surface area (Å²) in [4.78, 5) is 25.7. The number of rotatable bonds is 2. The number of carbonyl (C=O) groups is 2. The highest BCUT2D eigenvalue weighted by molar-refractivity contribution is 5.98. The number of aromatic nitrogens is 2. The summed E-state index contributed by atoms with van der Waals surface area (Å²) < 4.78 is 0. The molecule has 1 saturated carbocycles. The van der Waals surface area contributed by atoms with Crippen molar-refractivity contribution in [1.82, 2.24) is 15.1 Å². The molecule has 1 aromatic heterocycles. The van der Waals surface area contributed by atoms with Crippen molar-refractivity contribution >= 4 is 11.8 Å². The highest BCUT2D eigenvalue weighted by atomic mass is 16.2. The number of hydrogen-bond donors (Lipinski definition) is 1. The van der Waals surface area contributed by atoms with E-state index in [1.165, 1.54) is 4.90 Å². The van der Waals surface area contributed by atoms with Gasteiger partial charge in [-0.2, -0.15) is 5.10 Å². The summed E-state index contributed by atoms with van der Waals surface area (Å²) in [7, 11) is 0. The minimum absolute atomic E-state index is 0.0128. The number of likely N-dealkylation sites (tertiary alicyclic amines) is 1. The Hall–Kier alpha value is -1.65. The van der Waals surface area contributed by atoms with Crippen LogP contribution in [0, 0.1) is 5.41 Å². The molecule has 2 amide bonds. The number of nitrogens with zero attached hydrogens (tertiary/aromatic N) is 2. The van der Waals surface area contributed by atoms with Crippen LogP contribution in [0.25, 0.3) is 0 Å². The molecule has 2 aliphatic rings. The van der Waals surface area contributed by atoms with Gasteiger partial charge in [-0.1, -0.05) is 12.8 Å². The van der Waals surface area contributed by atoms with Gasteiger partial charge in [-0.3, -0.25) is 19.6 Å². The van der Waals surface area contributed by atoms with Gasteiger partial charge >= 0.3 is 0 Å². The lowest BCUT2D eigenvalue weighted by atomic mass is 9.76. The van der Waals surface area contributed by atoms with E-state index < -0.39 is 0 Å². The predicted molar refractivity (Wildman–Crippen MR) is 64.3 cm³/mol. The Kier molecular flexibility index (Phi) is 2.69. The zero-order valence-electron chi connectivity index (χ0n) is 10.3. The van der Waals surface area contributed by atoms with E-state index in [0.717, 1.165) is 31.2 Å². The molecule has 5 nitrogen and oxygen atoms in total. The summed E-state index contributed by atoms with van der Waals surface area (Å²) >= 11 is 0. The van der Waals surface area contributed by atoms with Gasteiger partial charge in [-0.05, 0) is 18.3 Å². The molecule has 1 N–H and O–H groups in total. The van der Waals surface area contributed by atoms with Crippen molar-refractivity contribution in [2.45, 2.75) is 45.1 Å². The predicted octanol–water partition coefficient (Wildman–Crippen LogP) is 1.62. The van der Waals surface area contributed by atoms with Gasteiger partial charge in [0.05, 0.1) is 12.7 Å². The average molecular weight is 247 g/mol. The van der Waals surface area contributed by atoms with Gasteiger partial charge in [0.2, 0.25) is 11.8 Å². The van der Waals surface area contributed by atoms with Crippen LogP contribution in [-0.4, -0.2) is 26.9 Å². The van der Waals surface area contributed by atoms with Crippen LogP contribution in [0.2, 0.25) is 0 Å². The number of imide groups is 1. The first-order chi connectivity index (χ1) is 8.69. The monoisotopic (exact) mass is 247 g/mol. The van der Waals surface area contributed by atoms with E-state index >= 15 is 0 Å². The summed E-state index contributed by atoms with van der Waals surface area (Å²) in [6, 6.07) is 0. The number of hydrogen-bond acceptors (Lipinski definition) is 3. The van der Waals surface area contributed by atoms with Gasteiger partial charge in [0.25, 0.3) is 0 Å². The molecular formula is C13H17N3O2. The molecular weight excluding hydrogens is 230 g/mol. The normalized spacial score (nSPS) is 23.0. The summed E-state index contributed by atoms with van der Waals surface area (Å²) in [5, 5.41) is 6.53. The Morgan fingerprint density at radius 3 is 2.44 bits per heavy atom. The molecule has 0 bridgehead atoms. The first-order valence-electron chi connectivity index (χ1n) is 6.49. The molecule has 5 heteroatoms. The smallest absolute Gasteiger partial charge is 0.230 e. The number of aromatic amines is 1. The largest absolute Gasteiger partial charge is 0.285 e. The third kappa shape index (κ3) is 1.94. The van der Waals surface area contributed by atoms with E-state index in [0.29, 0.717) is 19.4 Å². The zero-order chi connectivity index (χ0) is 12.6. The molecule has 96 valence electrons. The van der Waals surface area contributed by atoms with E-state index in [1.807, 2.05) is 0 Å². The maximum absolute atomic E-state index is 12.2. The van der Waals surface area contributed by atoms with Crippen LogP contribution < -0.4 is 0 Å². The Bertz CT molecular complexity index is 441. The van der Waals surface area contributed by atoms with Gasteiger partial charge in [0.15, 0.2) is 0 Å². The topological polar surface area (TPSA) is 66.1 Å².